The van der Waals surface area contributed by atoms with Crippen LogP contribution < -0.4 is 16.2 Å². The molecule has 0 fully saturated rings. The van der Waals surface area contributed by atoms with Crippen LogP contribution in [0.3, 0.4) is 0 Å². The van der Waals surface area contributed by atoms with Crippen molar-refractivity contribution in [1.82, 2.24) is 15.8 Å². The number of hydrogen-bond acceptors (Lipinski definition) is 5. The second-order valence-electron chi connectivity index (χ2n) is 6.16. The second kappa shape index (κ2) is 8.86. The number of nitrogens with zero attached hydrogens (tertiary/aromatic N) is 1. The number of anilines is 1. The Kier molecular flexibility index (Phi) is 6.28. The molecule has 0 saturated heterocycles. The van der Waals surface area contributed by atoms with Crippen LogP contribution in [-0.4, -0.2) is 23.3 Å². The van der Waals surface area contributed by atoms with Gasteiger partial charge in [0.05, 0.1) is 12.2 Å². The van der Waals surface area contributed by atoms with E-state index in [1.54, 1.807) is 19.1 Å². The van der Waals surface area contributed by atoms with Crippen molar-refractivity contribution in [3.63, 3.8) is 0 Å². The van der Waals surface area contributed by atoms with Gasteiger partial charge in [0.2, 0.25) is 0 Å². The molecule has 8 heteroatoms. The van der Waals surface area contributed by atoms with Crippen LogP contribution in [0, 0.1) is 13.8 Å². The molecule has 1 heterocycles. The second-order valence-corrected chi connectivity index (χ2v) is 7.60. The fourth-order valence-electron chi connectivity index (χ4n) is 2.40. The zero-order valence-corrected chi connectivity index (χ0v) is 16.9. The molecule has 0 spiro atoms. The molecule has 3 N–H and O–H groups in total. The first-order valence-electron chi connectivity index (χ1n) is 8.55. The van der Waals surface area contributed by atoms with E-state index in [1.807, 2.05) is 43.3 Å². The summed E-state index contributed by atoms with van der Waals surface area (Å²) in [7, 11) is 0. The van der Waals surface area contributed by atoms with Gasteiger partial charge in [0.25, 0.3) is 11.8 Å². The van der Waals surface area contributed by atoms with E-state index in [9.17, 15) is 9.59 Å². The average Bonchev–Trinajstić information content (AvgIpc) is 3.08. The Morgan fingerprint density at radius 1 is 1.00 bits per heavy atom. The van der Waals surface area contributed by atoms with Gasteiger partial charge in [0.1, 0.15) is 9.88 Å². The smallest absolute Gasteiger partial charge is 0.281 e. The predicted octanol–water partition coefficient (Wildman–Crippen LogP) is 3.95. The molecule has 0 aliphatic carbocycles. The number of aromatic nitrogens is 1. The Morgan fingerprint density at radius 2 is 1.68 bits per heavy atom. The largest absolute Gasteiger partial charge is 0.376 e. The van der Waals surface area contributed by atoms with Crippen molar-refractivity contribution >= 4 is 40.4 Å². The summed E-state index contributed by atoms with van der Waals surface area (Å²) < 4.78 is 0. The molecule has 0 bridgehead atoms. The molecule has 0 aliphatic heterocycles. The van der Waals surface area contributed by atoms with Gasteiger partial charge in [-0.3, -0.25) is 20.4 Å². The van der Waals surface area contributed by atoms with E-state index in [1.165, 1.54) is 11.3 Å². The number of aryl methyl sites for hydroxylation is 2. The highest BCUT2D eigenvalue weighted by molar-refractivity contribution is 7.17. The number of benzene rings is 2. The lowest BCUT2D eigenvalue weighted by Gasteiger charge is -2.08. The number of thiazole rings is 1. The normalized spacial score (nSPS) is 10.4. The van der Waals surface area contributed by atoms with E-state index < -0.39 is 5.91 Å². The summed E-state index contributed by atoms with van der Waals surface area (Å²) in [4.78, 5) is 29.2. The number of nitrogens with one attached hydrogen (secondary N) is 3. The fourth-order valence-corrected chi connectivity index (χ4v) is 3.50. The highest BCUT2D eigenvalue weighted by Crippen LogP contribution is 2.28. The van der Waals surface area contributed by atoms with Gasteiger partial charge in [0, 0.05) is 16.3 Å². The van der Waals surface area contributed by atoms with Gasteiger partial charge in [0.15, 0.2) is 0 Å². The van der Waals surface area contributed by atoms with Crippen LogP contribution in [0.4, 0.5) is 5.69 Å². The minimum absolute atomic E-state index is 0.0427. The van der Waals surface area contributed by atoms with Crippen molar-refractivity contribution in [3.05, 3.63) is 69.7 Å². The summed E-state index contributed by atoms with van der Waals surface area (Å²) in [6, 6.07) is 14.9. The molecular weight excluding hydrogens is 396 g/mol. The van der Waals surface area contributed by atoms with Crippen LogP contribution in [0.1, 0.15) is 20.9 Å². The first-order chi connectivity index (χ1) is 13.4. The predicted molar refractivity (Wildman–Crippen MR) is 113 cm³/mol. The number of carbonyl (C=O) groups is 2. The summed E-state index contributed by atoms with van der Waals surface area (Å²) in [5.41, 5.74) is 8.28. The summed E-state index contributed by atoms with van der Waals surface area (Å²) >= 11 is 7.16. The van der Waals surface area contributed by atoms with Crippen LogP contribution >= 0.6 is 22.9 Å². The Hall–Kier alpha value is -2.90. The minimum Gasteiger partial charge on any atom is -0.376 e. The standard InChI is InChI=1S/C20H19ClN4O2S/c1-12-3-9-16(10-4-12)22-11-17(26)24-25-19(27)18-13(2)23-20(28-18)14-5-7-15(21)8-6-14/h3-10,22H,11H2,1-2H3,(H,24,26)(H,25,27). The number of hydrazine groups is 1. The van der Waals surface area contributed by atoms with Crippen LogP contribution in [0.2, 0.25) is 5.02 Å². The summed E-state index contributed by atoms with van der Waals surface area (Å²) in [5.74, 6) is -0.757. The Balaban J connectivity index is 1.55. The van der Waals surface area contributed by atoms with Crippen LogP contribution in [-0.2, 0) is 4.79 Å². The zero-order valence-electron chi connectivity index (χ0n) is 15.4. The molecule has 28 heavy (non-hydrogen) atoms. The Labute approximate surface area is 171 Å². The first kappa shape index (κ1) is 19.9. The van der Waals surface area contributed by atoms with Crippen molar-refractivity contribution in [2.75, 3.05) is 11.9 Å². The molecule has 1 aromatic heterocycles. The van der Waals surface area contributed by atoms with Gasteiger partial charge in [-0.15, -0.1) is 11.3 Å². The molecule has 0 unspecified atom stereocenters. The SMILES string of the molecule is Cc1ccc(NCC(=O)NNC(=O)c2sc(-c3ccc(Cl)cc3)nc2C)cc1. The molecular formula is C20H19ClN4O2S. The van der Waals surface area contributed by atoms with Crippen LogP contribution in [0.15, 0.2) is 48.5 Å². The fraction of sp³-hybridized carbons (Fsp3) is 0.150. The number of rotatable bonds is 5. The maximum Gasteiger partial charge on any atom is 0.281 e. The molecule has 0 saturated carbocycles. The van der Waals surface area contributed by atoms with E-state index in [-0.39, 0.29) is 12.5 Å². The van der Waals surface area contributed by atoms with Gasteiger partial charge >= 0.3 is 0 Å². The van der Waals surface area contributed by atoms with Gasteiger partial charge in [-0.25, -0.2) is 4.98 Å². The van der Waals surface area contributed by atoms with Crippen molar-refractivity contribution < 1.29 is 9.59 Å². The van der Waals surface area contributed by atoms with Crippen LogP contribution in [0.25, 0.3) is 10.6 Å². The minimum atomic E-state index is -0.404. The molecule has 0 aliphatic rings. The van der Waals surface area contributed by atoms with Gasteiger partial charge in [-0.1, -0.05) is 41.4 Å². The van der Waals surface area contributed by atoms with Crippen LogP contribution in [0.5, 0.6) is 0 Å². The van der Waals surface area contributed by atoms with Gasteiger partial charge in [-0.05, 0) is 38.1 Å². The summed E-state index contributed by atoms with van der Waals surface area (Å²) in [5, 5.41) is 4.34. The lowest BCUT2D eigenvalue weighted by Crippen LogP contribution is -2.44. The highest BCUT2D eigenvalue weighted by Gasteiger charge is 2.16. The molecule has 3 aromatic rings. The van der Waals surface area contributed by atoms with Crippen molar-refractivity contribution in [2.45, 2.75) is 13.8 Å². The lowest BCUT2D eigenvalue weighted by molar-refractivity contribution is -0.120. The molecule has 2 aromatic carbocycles. The van der Waals surface area contributed by atoms with E-state index >= 15 is 0 Å². The molecule has 2 amide bonds. The Bertz CT molecular complexity index is 984. The van der Waals surface area contributed by atoms with E-state index in [4.69, 9.17) is 11.6 Å². The van der Waals surface area contributed by atoms with Gasteiger partial charge in [-0.2, -0.15) is 0 Å². The first-order valence-corrected chi connectivity index (χ1v) is 9.75. The number of carbonyl (C=O) groups excluding carboxylic acids is 2. The Morgan fingerprint density at radius 3 is 2.36 bits per heavy atom. The molecule has 144 valence electrons. The zero-order chi connectivity index (χ0) is 20.1. The third-order valence-corrected chi connectivity index (χ3v) is 5.37. The van der Waals surface area contributed by atoms with E-state index in [0.717, 1.165) is 16.8 Å². The molecule has 0 atom stereocenters. The molecule has 6 nitrogen and oxygen atoms in total. The summed E-state index contributed by atoms with van der Waals surface area (Å²) in [6.45, 7) is 3.79. The third kappa shape index (κ3) is 5.09. The summed E-state index contributed by atoms with van der Waals surface area (Å²) in [6.07, 6.45) is 0. The van der Waals surface area contributed by atoms with E-state index in [0.29, 0.717) is 20.6 Å². The number of amides is 2. The van der Waals surface area contributed by atoms with Crippen molar-refractivity contribution in [1.29, 1.82) is 0 Å². The third-order valence-electron chi connectivity index (χ3n) is 3.91. The number of halogens is 1. The maximum absolute atomic E-state index is 12.4. The maximum atomic E-state index is 12.4. The van der Waals surface area contributed by atoms with Crippen molar-refractivity contribution in [3.8, 4) is 10.6 Å². The number of hydrogen-bond donors (Lipinski definition) is 3. The van der Waals surface area contributed by atoms with Crippen molar-refractivity contribution in [2.24, 2.45) is 0 Å². The topological polar surface area (TPSA) is 83.1 Å². The van der Waals surface area contributed by atoms with E-state index in [2.05, 4.69) is 21.2 Å². The lowest BCUT2D eigenvalue weighted by atomic mass is 10.2. The van der Waals surface area contributed by atoms with Gasteiger partial charge < -0.3 is 5.32 Å². The molecule has 0 radical (unpaired) electrons. The molecule has 3 rings (SSSR count). The average molecular weight is 415 g/mol. The highest BCUT2D eigenvalue weighted by atomic mass is 35.5. The monoisotopic (exact) mass is 414 g/mol. The quantitative estimate of drug-likeness (QED) is 0.552.